The van der Waals surface area contributed by atoms with Crippen molar-refractivity contribution in [3.63, 3.8) is 0 Å². The van der Waals surface area contributed by atoms with E-state index in [0.717, 1.165) is 32.4 Å². The van der Waals surface area contributed by atoms with Crippen LogP contribution in [0.5, 0.6) is 5.75 Å². The molecule has 1 heterocycles. The lowest BCUT2D eigenvalue weighted by molar-refractivity contribution is 0.307. The fraction of sp³-hybridized carbons (Fsp3) is 0.0870. The number of nitrogens with zero attached hydrogens (tertiary/aromatic N) is 1. The average molecular weight is 420 g/mol. The van der Waals surface area contributed by atoms with Crippen molar-refractivity contribution in [1.29, 1.82) is 0 Å². The van der Waals surface area contributed by atoms with Crippen LogP contribution in [0.25, 0.3) is 22.0 Å². The van der Waals surface area contributed by atoms with Crippen LogP contribution in [0.1, 0.15) is 5.56 Å². The average Bonchev–Trinajstić information content (AvgIpc) is 2.71. The van der Waals surface area contributed by atoms with Gasteiger partial charge in [-0.3, -0.25) is 4.79 Å². The Kier molecular flexibility index (Phi) is 4.82. The second-order valence-corrected chi connectivity index (χ2v) is 7.26. The highest BCUT2D eigenvalue weighted by atomic mass is 79.9. The number of rotatable bonds is 4. The van der Waals surface area contributed by atoms with E-state index in [1.807, 2.05) is 85.9 Å². The van der Waals surface area contributed by atoms with Crippen LogP contribution >= 0.6 is 15.9 Å². The van der Waals surface area contributed by atoms with Crippen LogP contribution in [-0.4, -0.2) is 4.57 Å². The SMILES string of the molecule is Cn1c(-c2ccccc2)c(COc2ccc(Br)cc2)c2ccccc2c1=O. The Bertz CT molecular complexity index is 1150. The normalized spacial score (nSPS) is 10.9. The summed E-state index contributed by atoms with van der Waals surface area (Å²) < 4.78 is 8.80. The largest absolute Gasteiger partial charge is 0.489 e. The first kappa shape index (κ1) is 17.6. The van der Waals surface area contributed by atoms with Gasteiger partial charge in [-0.05, 0) is 41.3 Å². The van der Waals surface area contributed by atoms with E-state index in [0.29, 0.717) is 12.0 Å². The molecular formula is C23H18BrNO2. The highest BCUT2D eigenvalue weighted by molar-refractivity contribution is 9.10. The summed E-state index contributed by atoms with van der Waals surface area (Å²) in [6, 6.07) is 25.4. The molecule has 0 aliphatic carbocycles. The van der Waals surface area contributed by atoms with Crippen molar-refractivity contribution in [1.82, 2.24) is 4.57 Å². The molecule has 1 aromatic heterocycles. The molecule has 4 rings (SSSR count). The van der Waals surface area contributed by atoms with E-state index in [9.17, 15) is 4.79 Å². The number of halogens is 1. The molecule has 4 heteroatoms. The maximum Gasteiger partial charge on any atom is 0.258 e. The molecule has 0 atom stereocenters. The summed E-state index contributed by atoms with van der Waals surface area (Å²) in [6.07, 6.45) is 0. The fourth-order valence-electron chi connectivity index (χ4n) is 3.34. The standard InChI is InChI=1S/C23H18BrNO2/c1-25-22(16-7-3-2-4-8-16)21(15-27-18-13-11-17(24)12-14-18)19-9-5-6-10-20(19)23(25)26/h2-14H,15H2,1H3. The number of hydrogen-bond donors (Lipinski definition) is 0. The van der Waals surface area contributed by atoms with E-state index in [4.69, 9.17) is 4.74 Å². The van der Waals surface area contributed by atoms with Gasteiger partial charge < -0.3 is 9.30 Å². The molecule has 27 heavy (non-hydrogen) atoms. The molecule has 0 unspecified atom stereocenters. The lowest BCUT2D eigenvalue weighted by atomic mass is 9.99. The zero-order chi connectivity index (χ0) is 18.8. The van der Waals surface area contributed by atoms with Gasteiger partial charge in [0.1, 0.15) is 12.4 Å². The highest BCUT2D eigenvalue weighted by Crippen LogP contribution is 2.29. The van der Waals surface area contributed by atoms with Gasteiger partial charge in [-0.25, -0.2) is 0 Å². The lowest BCUT2D eigenvalue weighted by Crippen LogP contribution is -2.21. The third-order valence-electron chi connectivity index (χ3n) is 4.65. The first-order valence-corrected chi connectivity index (χ1v) is 9.49. The van der Waals surface area contributed by atoms with E-state index in [1.54, 1.807) is 4.57 Å². The first-order valence-electron chi connectivity index (χ1n) is 8.69. The minimum Gasteiger partial charge on any atom is -0.489 e. The number of fused-ring (bicyclic) bond motifs is 1. The van der Waals surface area contributed by atoms with Crippen molar-refractivity contribution < 1.29 is 4.74 Å². The highest BCUT2D eigenvalue weighted by Gasteiger charge is 2.16. The Morgan fingerprint density at radius 2 is 1.48 bits per heavy atom. The number of aromatic nitrogens is 1. The van der Waals surface area contributed by atoms with Crippen molar-refractivity contribution >= 4 is 26.7 Å². The third-order valence-corrected chi connectivity index (χ3v) is 5.18. The van der Waals surface area contributed by atoms with Gasteiger partial charge in [0.2, 0.25) is 0 Å². The molecule has 0 amide bonds. The van der Waals surface area contributed by atoms with Gasteiger partial charge in [0.05, 0.1) is 5.69 Å². The van der Waals surface area contributed by atoms with Crippen molar-refractivity contribution in [2.75, 3.05) is 0 Å². The summed E-state index contributed by atoms with van der Waals surface area (Å²) in [5.41, 5.74) is 2.88. The van der Waals surface area contributed by atoms with Crippen LogP contribution in [-0.2, 0) is 13.7 Å². The van der Waals surface area contributed by atoms with Crippen LogP contribution in [0.3, 0.4) is 0 Å². The molecule has 0 radical (unpaired) electrons. The molecule has 4 aromatic rings. The van der Waals surface area contributed by atoms with Crippen molar-refractivity contribution in [2.24, 2.45) is 7.05 Å². The molecule has 134 valence electrons. The molecule has 0 spiro atoms. The fourth-order valence-corrected chi connectivity index (χ4v) is 3.61. The zero-order valence-corrected chi connectivity index (χ0v) is 16.4. The van der Waals surface area contributed by atoms with Crippen LogP contribution in [0, 0.1) is 0 Å². The van der Waals surface area contributed by atoms with E-state index in [-0.39, 0.29) is 5.56 Å². The van der Waals surface area contributed by atoms with Crippen LogP contribution in [0.2, 0.25) is 0 Å². The van der Waals surface area contributed by atoms with Gasteiger partial charge in [0.15, 0.2) is 0 Å². The molecule has 0 N–H and O–H groups in total. The second-order valence-electron chi connectivity index (χ2n) is 6.35. The molecule has 0 aliphatic rings. The Morgan fingerprint density at radius 1 is 0.852 bits per heavy atom. The summed E-state index contributed by atoms with van der Waals surface area (Å²) in [7, 11) is 1.82. The summed E-state index contributed by atoms with van der Waals surface area (Å²) in [4.78, 5) is 12.9. The van der Waals surface area contributed by atoms with E-state index >= 15 is 0 Å². The molecule has 0 bridgehead atoms. The quantitative estimate of drug-likeness (QED) is 0.434. The second kappa shape index (κ2) is 7.41. The van der Waals surface area contributed by atoms with Gasteiger partial charge in [-0.2, -0.15) is 0 Å². The molecular weight excluding hydrogens is 402 g/mol. The molecule has 0 aliphatic heterocycles. The van der Waals surface area contributed by atoms with Crippen LogP contribution in [0.15, 0.2) is 88.1 Å². The van der Waals surface area contributed by atoms with Crippen LogP contribution < -0.4 is 10.3 Å². The maximum absolute atomic E-state index is 12.9. The van der Waals surface area contributed by atoms with Crippen molar-refractivity contribution in [3.8, 4) is 17.0 Å². The minimum atomic E-state index is -0.00292. The Labute approximate surface area is 166 Å². The van der Waals surface area contributed by atoms with Gasteiger partial charge in [0, 0.05) is 22.5 Å². The lowest BCUT2D eigenvalue weighted by Gasteiger charge is -2.18. The summed E-state index contributed by atoms with van der Waals surface area (Å²) in [5.74, 6) is 0.787. The summed E-state index contributed by atoms with van der Waals surface area (Å²) in [5, 5.41) is 1.63. The van der Waals surface area contributed by atoms with Crippen molar-refractivity contribution in [2.45, 2.75) is 6.61 Å². The summed E-state index contributed by atoms with van der Waals surface area (Å²) in [6.45, 7) is 0.375. The maximum atomic E-state index is 12.9. The van der Waals surface area contributed by atoms with Gasteiger partial charge in [-0.1, -0.05) is 64.5 Å². The number of ether oxygens (including phenoxy) is 1. The molecule has 3 aromatic carbocycles. The van der Waals surface area contributed by atoms with Crippen molar-refractivity contribution in [3.05, 3.63) is 99.3 Å². The number of pyridine rings is 1. The zero-order valence-electron chi connectivity index (χ0n) is 14.9. The topological polar surface area (TPSA) is 31.2 Å². The first-order chi connectivity index (χ1) is 13.1. The predicted octanol–water partition coefficient (Wildman–Crippen LogP) is 5.55. The molecule has 0 saturated heterocycles. The van der Waals surface area contributed by atoms with Gasteiger partial charge >= 0.3 is 0 Å². The molecule has 3 nitrogen and oxygen atoms in total. The Balaban J connectivity index is 1.89. The minimum absolute atomic E-state index is 0.00292. The third kappa shape index (κ3) is 3.40. The van der Waals surface area contributed by atoms with Gasteiger partial charge in [-0.15, -0.1) is 0 Å². The van der Waals surface area contributed by atoms with E-state index in [1.165, 1.54) is 0 Å². The molecule has 0 fully saturated rings. The number of hydrogen-bond acceptors (Lipinski definition) is 2. The summed E-state index contributed by atoms with van der Waals surface area (Å²) >= 11 is 3.44. The number of benzene rings is 3. The van der Waals surface area contributed by atoms with Gasteiger partial charge in [0.25, 0.3) is 5.56 Å². The monoisotopic (exact) mass is 419 g/mol. The Hall–Kier alpha value is -2.85. The molecule has 0 saturated carbocycles. The predicted molar refractivity (Wildman–Crippen MR) is 113 cm³/mol. The smallest absolute Gasteiger partial charge is 0.258 e. The van der Waals surface area contributed by atoms with E-state index < -0.39 is 0 Å². The van der Waals surface area contributed by atoms with Crippen LogP contribution in [0.4, 0.5) is 0 Å². The van der Waals surface area contributed by atoms with E-state index in [2.05, 4.69) is 15.9 Å². The Morgan fingerprint density at radius 3 is 2.19 bits per heavy atom.